The largest absolute Gasteiger partial charge is 0.444 e. The molecule has 0 spiro atoms. The second kappa shape index (κ2) is 10.8. The van der Waals surface area contributed by atoms with E-state index in [1.165, 1.54) is 24.3 Å². The Balaban J connectivity index is 1.51. The van der Waals surface area contributed by atoms with Crippen LogP contribution in [0.1, 0.15) is 44.7 Å². The first-order valence-electron chi connectivity index (χ1n) is 13.0. The molecule has 1 aliphatic carbocycles. The lowest BCUT2D eigenvalue weighted by Gasteiger charge is -2.31. The molecule has 0 N–H and O–H groups in total. The summed E-state index contributed by atoms with van der Waals surface area (Å²) < 4.78 is 68.4. The van der Waals surface area contributed by atoms with E-state index in [1.807, 2.05) is 34.6 Å². The Labute approximate surface area is 231 Å². The van der Waals surface area contributed by atoms with E-state index in [4.69, 9.17) is 13.1 Å². The Bertz CT molecular complexity index is 1300. The van der Waals surface area contributed by atoms with E-state index in [9.17, 15) is 21.6 Å². The van der Waals surface area contributed by atoms with E-state index in [0.29, 0.717) is 25.9 Å². The molecule has 2 fully saturated rings. The third-order valence-electron chi connectivity index (χ3n) is 7.28. The van der Waals surface area contributed by atoms with Gasteiger partial charge in [0, 0.05) is 18.5 Å². The molecule has 4 rings (SSSR count). The van der Waals surface area contributed by atoms with Crippen molar-refractivity contribution in [2.75, 3.05) is 26.3 Å². The van der Waals surface area contributed by atoms with Crippen LogP contribution in [0.2, 0.25) is 0 Å². The first-order chi connectivity index (χ1) is 18.1. The third kappa shape index (κ3) is 7.19. The van der Waals surface area contributed by atoms with E-state index in [1.54, 1.807) is 29.2 Å². The fraction of sp³-hybridized carbons (Fsp3) is 0.536. The minimum Gasteiger partial charge on any atom is -0.444 e. The number of benzene rings is 2. The summed E-state index contributed by atoms with van der Waals surface area (Å²) in [5, 5.41) is 0. The molecule has 0 radical (unpaired) electrons. The number of likely N-dealkylation sites (tertiary alicyclic amines) is 1. The maximum Gasteiger partial charge on any atom is 0.410 e. The highest BCUT2D eigenvalue weighted by atomic mass is 32.2. The standard InChI is InChI=1S/C28H37NO8S2/c1-20-6-10-24(11-7-20)38(31,32)35-18-28(19-36-39(33,34)25-12-8-21(2)9-13-25)14-22-16-29(17-23(22)15-28)26(30)37-27(3,4)5/h6-13,22-23H,14-19H2,1-5H3. The highest BCUT2D eigenvalue weighted by Gasteiger charge is 2.52. The number of carbonyl (C=O) groups excluding carboxylic acids is 1. The Morgan fingerprint density at radius 2 is 1.18 bits per heavy atom. The van der Waals surface area contributed by atoms with Gasteiger partial charge in [0.1, 0.15) is 5.60 Å². The van der Waals surface area contributed by atoms with Crippen LogP contribution in [0.3, 0.4) is 0 Å². The molecular formula is C28H37NO8S2. The van der Waals surface area contributed by atoms with Gasteiger partial charge in [-0.2, -0.15) is 16.8 Å². The van der Waals surface area contributed by atoms with Gasteiger partial charge in [0.25, 0.3) is 20.2 Å². The number of rotatable bonds is 8. The van der Waals surface area contributed by atoms with E-state index < -0.39 is 31.3 Å². The van der Waals surface area contributed by atoms with Crippen LogP contribution in [0.4, 0.5) is 4.79 Å². The minimum atomic E-state index is -4.07. The van der Waals surface area contributed by atoms with Crippen molar-refractivity contribution in [2.24, 2.45) is 17.3 Å². The average molecular weight is 580 g/mol. The number of hydrogen-bond donors (Lipinski definition) is 0. The van der Waals surface area contributed by atoms with Gasteiger partial charge in [-0.1, -0.05) is 35.4 Å². The van der Waals surface area contributed by atoms with Crippen molar-refractivity contribution < 1.29 is 34.7 Å². The minimum absolute atomic E-state index is 0.0331. The first kappa shape index (κ1) is 29.5. The molecule has 0 bridgehead atoms. The molecule has 2 aromatic rings. The van der Waals surface area contributed by atoms with Crippen LogP contribution >= 0.6 is 0 Å². The third-order valence-corrected chi connectivity index (χ3v) is 9.83. The van der Waals surface area contributed by atoms with Crippen LogP contribution in [0, 0.1) is 31.1 Å². The molecule has 2 aromatic carbocycles. The van der Waals surface area contributed by atoms with Gasteiger partial charge >= 0.3 is 6.09 Å². The summed E-state index contributed by atoms with van der Waals surface area (Å²) in [6.07, 6.45) is 0.507. The molecular weight excluding hydrogens is 542 g/mol. The van der Waals surface area contributed by atoms with Crippen molar-refractivity contribution in [3.05, 3.63) is 59.7 Å². The van der Waals surface area contributed by atoms with E-state index in [2.05, 4.69) is 0 Å². The zero-order chi connectivity index (χ0) is 28.6. The summed E-state index contributed by atoms with van der Waals surface area (Å²) in [5.41, 5.74) is 0.344. The predicted octanol–water partition coefficient (Wildman–Crippen LogP) is 4.68. The van der Waals surface area contributed by atoms with Crippen LogP contribution in [-0.2, 0) is 33.3 Å². The van der Waals surface area contributed by atoms with Crippen molar-refractivity contribution in [1.29, 1.82) is 0 Å². The Morgan fingerprint density at radius 1 is 0.795 bits per heavy atom. The number of nitrogens with zero attached hydrogens (tertiary/aromatic N) is 1. The monoisotopic (exact) mass is 579 g/mol. The maximum atomic E-state index is 13.0. The van der Waals surface area contributed by atoms with Crippen molar-refractivity contribution >= 4 is 26.3 Å². The Hall–Kier alpha value is -2.47. The summed E-state index contributed by atoms with van der Waals surface area (Å²) in [6, 6.07) is 12.7. The van der Waals surface area contributed by atoms with Crippen molar-refractivity contribution in [3.8, 4) is 0 Å². The zero-order valence-electron chi connectivity index (χ0n) is 23.0. The van der Waals surface area contributed by atoms with Crippen LogP contribution in [-0.4, -0.2) is 59.7 Å². The van der Waals surface area contributed by atoms with Crippen LogP contribution in [0.5, 0.6) is 0 Å². The molecule has 39 heavy (non-hydrogen) atoms. The van der Waals surface area contributed by atoms with Crippen LogP contribution < -0.4 is 0 Å². The van der Waals surface area contributed by atoms with Crippen molar-refractivity contribution in [1.82, 2.24) is 4.90 Å². The summed E-state index contributed by atoms with van der Waals surface area (Å²) in [4.78, 5) is 14.4. The lowest BCUT2D eigenvalue weighted by Crippen LogP contribution is -2.38. The summed E-state index contributed by atoms with van der Waals surface area (Å²) >= 11 is 0. The highest BCUT2D eigenvalue weighted by molar-refractivity contribution is 7.87. The first-order valence-corrected chi connectivity index (χ1v) is 15.8. The molecule has 0 aromatic heterocycles. The number of ether oxygens (including phenoxy) is 1. The second-order valence-corrected chi connectivity index (χ2v) is 15.1. The molecule has 1 saturated heterocycles. The van der Waals surface area contributed by atoms with Gasteiger partial charge in [-0.15, -0.1) is 0 Å². The summed E-state index contributed by atoms with van der Waals surface area (Å²) in [6.45, 7) is 9.57. The molecule has 2 aliphatic rings. The topological polar surface area (TPSA) is 116 Å². The smallest absolute Gasteiger partial charge is 0.410 e. The van der Waals surface area contributed by atoms with E-state index in [0.717, 1.165) is 11.1 Å². The van der Waals surface area contributed by atoms with Crippen LogP contribution in [0.25, 0.3) is 0 Å². The SMILES string of the molecule is Cc1ccc(S(=O)(=O)OCC2(COS(=O)(=O)c3ccc(C)cc3)CC3CN(C(=O)OC(C)(C)C)CC3C2)cc1. The second-order valence-electron chi connectivity index (χ2n) is 11.9. The van der Waals surface area contributed by atoms with Gasteiger partial charge in [0.2, 0.25) is 0 Å². The fourth-order valence-corrected chi connectivity index (χ4v) is 7.32. The summed E-state index contributed by atoms with van der Waals surface area (Å²) in [5.74, 6) is 0.0720. The lowest BCUT2D eigenvalue weighted by atomic mass is 9.86. The lowest BCUT2D eigenvalue weighted by molar-refractivity contribution is 0.0251. The molecule has 214 valence electrons. The molecule has 1 saturated carbocycles. The van der Waals surface area contributed by atoms with Gasteiger partial charge in [0.05, 0.1) is 23.0 Å². The molecule has 1 aliphatic heterocycles. The number of hydrogen-bond acceptors (Lipinski definition) is 8. The quantitative estimate of drug-likeness (QED) is 0.414. The van der Waals surface area contributed by atoms with Gasteiger partial charge < -0.3 is 9.64 Å². The fourth-order valence-electron chi connectivity index (χ4n) is 5.30. The zero-order valence-corrected chi connectivity index (χ0v) is 24.7. The predicted molar refractivity (Wildman–Crippen MR) is 145 cm³/mol. The maximum absolute atomic E-state index is 13.0. The van der Waals surface area contributed by atoms with Gasteiger partial charge in [-0.25, -0.2) is 4.79 Å². The molecule has 2 unspecified atom stereocenters. The van der Waals surface area contributed by atoms with E-state index in [-0.39, 0.29) is 40.9 Å². The molecule has 11 heteroatoms. The van der Waals surface area contributed by atoms with Crippen molar-refractivity contribution in [3.63, 3.8) is 0 Å². The number of carbonyl (C=O) groups is 1. The van der Waals surface area contributed by atoms with Crippen molar-refractivity contribution in [2.45, 2.75) is 62.9 Å². The molecule has 1 amide bonds. The number of aryl methyl sites for hydroxylation is 2. The van der Waals surface area contributed by atoms with Gasteiger partial charge in [0.15, 0.2) is 0 Å². The number of fused-ring (bicyclic) bond motifs is 1. The van der Waals surface area contributed by atoms with Gasteiger partial charge in [-0.05, 0) is 83.6 Å². The van der Waals surface area contributed by atoms with Crippen LogP contribution in [0.15, 0.2) is 58.3 Å². The number of amides is 1. The molecule has 2 atom stereocenters. The summed E-state index contributed by atoms with van der Waals surface area (Å²) in [7, 11) is -8.14. The Morgan fingerprint density at radius 3 is 1.54 bits per heavy atom. The van der Waals surface area contributed by atoms with E-state index >= 15 is 0 Å². The Kier molecular flexibility index (Phi) is 8.20. The van der Waals surface area contributed by atoms with Gasteiger partial charge in [-0.3, -0.25) is 8.37 Å². The normalized spacial score (nSPS) is 21.1. The highest BCUT2D eigenvalue weighted by Crippen LogP contribution is 2.50. The molecule has 1 heterocycles. The molecule has 9 nitrogen and oxygen atoms in total. The average Bonchev–Trinajstić information content (AvgIpc) is 3.38.